The van der Waals surface area contributed by atoms with Gasteiger partial charge in [0.15, 0.2) is 5.82 Å². The third-order valence-corrected chi connectivity index (χ3v) is 5.04. The lowest BCUT2D eigenvalue weighted by Gasteiger charge is -2.24. The van der Waals surface area contributed by atoms with Gasteiger partial charge in [-0.05, 0) is 30.5 Å². The predicted octanol–water partition coefficient (Wildman–Crippen LogP) is 3.66. The summed E-state index contributed by atoms with van der Waals surface area (Å²) in [5.74, 6) is 1.34. The van der Waals surface area contributed by atoms with E-state index in [0.29, 0.717) is 24.1 Å². The molecule has 28 heavy (non-hydrogen) atoms. The van der Waals surface area contributed by atoms with Gasteiger partial charge in [0.25, 0.3) is 5.69 Å². The quantitative estimate of drug-likeness (QED) is 0.480. The second-order valence-electron chi connectivity index (χ2n) is 6.80. The SMILES string of the molecule is COc1ccc([C@H]2CCCN2Cn2cnc(-c3cccc([N+](=O)[O-])c3)n2)cc1. The van der Waals surface area contributed by atoms with E-state index in [4.69, 9.17) is 4.74 Å². The van der Waals surface area contributed by atoms with Crippen LogP contribution in [0, 0.1) is 10.1 Å². The third kappa shape index (κ3) is 3.72. The number of methoxy groups -OCH3 is 1. The Morgan fingerprint density at radius 3 is 2.82 bits per heavy atom. The summed E-state index contributed by atoms with van der Waals surface area (Å²) >= 11 is 0. The van der Waals surface area contributed by atoms with Gasteiger partial charge in [-0.15, -0.1) is 5.10 Å². The van der Waals surface area contributed by atoms with Crippen LogP contribution in [0.2, 0.25) is 0 Å². The fourth-order valence-corrected chi connectivity index (χ4v) is 3.64. The Balaban J connectivity index is 1.50. The fourth-order valence-electron chi connectivity index (χ4n) is 3.64. The average molecular weight is 379 g/mol. The average Bonchev–Trinajstić information content (AvgIpc) is 3.38. The second-order valence-corrected chi connectivity index (χ2v) is 6.80. The molecule has 1 aliphatic rings. The van der Waals surface area contributed by atoms with Crippen LogP contribution in [0.1, 0.15) is 24.4 Å². The fraction of sp³-hybridized carbons (Fsp3) is 0.300. The zero-order valence-electron chi connectivity index (χ0n) is 15.6. The Morgan fingerprint density at radius 2 is 2.07 bits per heavy atom. The summed E-state index contributed by atoms with van der Waals surface area (Å²) in [4.78, 5) is 17.3. The van der Waals surface area contributed by atoms with Crippen molar-refractivity contribution in [2.75, 3.05) is 13.7 Å². The van der Waals surface area contributed by atoms with Gasteiger partial charge in [-0.2, -0.15) is 0 Å². The van der Waals surface area contributed by atoms with Crippen molar-refractivity contribution in [1.82, 2.24) is 19.7 Å². The lowest BCUT2D eigenvalue weighted by atomic mass is 10.0. The molecule has 3 aromatic rings. The molecule has 0 aliphatic carbocycles. The molecule has 144 valence electrons. The Morgan fingerprint density at radius 1 is 1.25 bits per heavy atom. The van der Waals surface area contributed by atoms with Crippen molar-refractivity contribution < 1.29 is 9.66 Å². The van der Waals surface area contributed by atoms with Gasteiger partial charge >= 0.3 is 0 Å². The number of nitrogens with zero attached hydrogens (tertiary/aromatic N) is 5. The highest BCUT2D eigenvalue weighted by Crippen LogP contribution is 2.33. The maximum absolute atomic E-state index is 11.0. The minimum absolute atomic E-state index is 0.0352. The normalized spacial score (nSPS) is 17.0. The van der Waals surface area contributed by atoms with Gasteiger partial charge in [-0.25, -0.2) is 9.67 Å². The smallest absolute Gasteiger partial charge is 0.270 e. The summed E-state index contributed by atoms with van der Waals surface area (Å²) in [6.07, 6.45) is 3.90. The molecule has 2 aromatic carbocycles. The maximum atomic E-state index is 11.0. The van der Waals surface area contributed by atoms with Gasteiger partial charge in [-0.3, -0.25) is 15.0 Å². The molecule has 0 N–H and O–H groups in total. The van der Waals surface area contributed by atoms with E-state index in [2.05, 4.69) is 27.1 Å². The zero-order valence-corrected chi connectivity index (χ0v) is 15.6. The van der Waals surface area contributed by atoms with Gasteiger partial charge in [0.2, 0.25) is 0 Å². The van der Waals surface area contributed by atoms with E-state index >= 15 is 0 Å². The van der Waals surface area contributed by atoms with Crippen molar-refractivity contribution in [2.24, 2.45) is 0 Å². The highest BCUT2D eigenvalue weighted by atomic mass is 16.6. The summed E-state index contributed by atoms with van der Waals surface area (Å²) in [5.41, 5.74) is 1.94. The van der Waals surface area contributed by atoms with Crippen molar-refractivity contribution in [2.45, 2.75) is 25.6 Å². The molecule has 8 heteroatoms. The first-order valence-corrected chi connectivity index (χ1v) is 9.16. The van der Waals surface area contributed by atoms with Crippen LogP contribution in [-0.2, 0) is 6.67 Å². The number of hydrogen-bond donors (Lipinski definition) is 0. The van der Waals surface area contributed by atoms with E-state index in [9.17, 15) is 10.1 Å². The number of likely N-dealkylation sites (tertiary alicyclic amines) is 1. The van der Waals surface area contributed by atoms with E-state index in [-0.39, 0.29) is 5.69 Å². The Bertz CT molecular complexity index is 970. The van der Waals surface area contributed by atoms with Crippen LogP contribution in [0.5, 0.6) is 5.75 Å². The zero-order chi connectivity index (χ0) is 19.5. The maximum Gasteiger partial charge on any atom is 0.270 e. The van der Waals surface area contributed by atoms with Crippen molar-refractivity contribution in [3.63, 3.8) is 0 Å². The first-order valence-electron chi connectivity index (χ1n) is 9.16. The molecular formula is C20H21N5O3. The van der Waals surface area contributed by atoms with Crippen LogP contribution in [0.3, 0.4) is 0 Å². The molecular weight excluding hydrogens is 358 g/mol. The number of ether oxygens (including phenoxy) is 1. The Hall–Kier alpha value is -3.26. The number of non-ortho nitro benzene ring substituents is 1. The molecule has 1 aliphatic heterocycles. The lowest BCUT2D eigenvalue weighted by Crippen LogP contribution is -2.26. The van der Waals surface area contributed by atoms with E-state index in [1.54, 1.807) is 30.3 Å². The van der Waals surface area contributed by atoms with Crippen LogP contribution in [0.4, 0.5) is 5.69 Å². The van der Waals surface area contributed by atoms with Gasteiger partial charge in [0.1, 0.15) is 12.1 Å². The topological polar surface area (TPSA) is 86.3 Å². The van der Waals surface area contributed by atoms with E-state index < -0.39 is 4.92 Å². The molecule has 0 saturated carbocycles. The minimum atomic E-state index is -0.413. The molecule has 0 amide bonds. The summed E-state index contributed by atoms with van der Waals surface area (Å²) < 4.78 is 7.03. The van der Waals surface area contributed by atoms with Crippen molar-refractivity contribution in [1.29, 1.82) is 0 Å². The van der Waals surface area contributed by atoms with E-state index in [1.807, 2.05) is 12.1 Å². The molecule has 0 radical (unpaired) electrons. The predicted molar refractivity (Wildman–Crippen MR) is 104 cm³/mol. The minimum Gasteiger partial charge on any atom is -0.497 e. The van der Waals surface area contributed by atoms with Crippen LogP contribution >= 0.6 is 0 Å². The standard InChI is InChI=1S/C20H21N5O3/c1-28-18-9-7-15(8-10-18)19-6-3-11-23(19)14-24-13-21-20(22-24)16-4-2-5-17(12-16)25(26)27/h2,4-5,7-10,12-13,19H,3,6,11,14H2,1H3/t19-/m1/s1. The van der Waals surface area contributed by atoms with E-state index in [0.717, 1.165) is 25.1 Å². The number of rotatable bonds is 6. The Labute approximate surface area is 162 Å². The number of benzene rings is 2. The van der Waals surface area contributed by atoms with Crippen molar-refractivity contribution in [3.05, 3.63) is 70.5 Å². The largest absolute Gasteiger partial charge is 0.497 e. The van der Waals surface area contributed by atoms with Crippen molar-refractivity contribution in [3.8, 4) is 17.1 Å². The summed E-state index contributed by atoms with van der Waals surface area (Å²) in [6, 6.07) is 14.9. The van der Waals surface area contributed by atoms with Crippen molar-refractivity contribution >= 4 is 5.69 Å². The lowest BCUT2D eigenvalue weighted by molar-refractivity contribution is -0.384. The highest BCUT2D eigenvalue weighted by molar-refractivity contribution is 5.58. The first kappa shape index (κ1) is 18.1. The van der Waals surface area contributed by atoms with E-state index in [1.165, 1.54) is 17.7 Å². The highest BCUT2D eigenvalue weighted by Gasteiger charge is 2.26. The molecule has 1 atom stereocenters. The molecule has 2 heterocycles. The van der Waals surface area contributed by atoms with Gasteiger partial charge in [0.05, 0.1) is 18.7 Å². The van der Waals surface area contributed by atoms with Gasteiger partial charge in [-0.1, -0.05) is 24.3 Å². The molecule has 0 bridgehead atoms. The Kier molecular flexibility index (Phi) is 5.03. The molecule has 1 saturated heterocycles. The molecule has 0 spiro atoms. The monoisotopic (exact) mass is 379 g/mol. The van der Waals surface area contributed by atoms with Gasteiger partial charge < -0.3 is 4.74 Å². The number of aromatic nitrogens is 3. The molecule has 8 nitrogen and oxygen atoms in total. The summed E-state index contributed by atoms with van der Waals surface area (Å²) in [6.45, 7) is 1.61. The number of nitro groups is 1. The molecule has 1 fully saturated rings. The number of hydrogen-bond acceptors (Lipinski definition) is 6. The molecule has 0 unspecified atom stereocenters. The van der Waals surface area contributed by atoms with Crippen LogP contribution in [0.25, 0.3) is 11.4 Å². The third-order valence-electron chi connectivity index (χ3n) is 5.04. The van der Waals surface area contributed by atoms with Gasteiger partial charge in [0, 0.05) is 30.3 Å². The molecule has 1 aromatic heterocycles. The molecule has 4 rings (SSSR count). The van der Waals surface area contributed by atoms with Crippen LogP contribution in [-0.4, -0.2) is 38.2 Å². The number of nitro benzene ring substituents is 1. The van der Waals surface area contributed by atoms with Crippen LogP contribution < -0.4 is 4.74 Å². The first-order chi connectivity index (χ1) is 13.6. The second kappa shape index (κ2) is 7.77. The summed E-state index contributed by atoms with van der Waals surface area (Å²) in [5, 5.41) is 15.5. The summed E-state index contributed by atoms with van der Waals surface area (Å²) in [7, 11) is 1.67. The van der Waals surface area contributed by atoms with Crippen LogP contribution in [0.15, 0.2) is 54.9 Å².